The molecule has 0 radical (unpaired) electrons. The van der Waals surface area contributed by atoms with E-state index in [0.717, 1.165) is 44.4 Å². The lowest BCUT2D eigenvalue weighted by Gasteiger charge is -2.29. The van der Waals surface area contributed by atoms with Gasteiger partial charge >= 0.3 is 11.9 Å². The number of unbranched alkanes of at least 4 members (excludes halogenated alkanes) is 13. The van der Waals surface area contributed by atoms with E-state index in [1.54, 1.807) is 0 Å². The summed E-state index contributed by atoms with van der Waals surface area (Å²) in [6.07, 6.45) is 25.4. The van der Waals surface area contributed by atoms with Crippen molar-refractivity contribution in [1.82, 2.24) is 0 Å². The quantitative estimate of drug-likeness (QED) is 0.120. The van der Waals surface area contributed by atoms with Gasteiger partial charge in [-0.1, -0.05) is 124 Å². The summed E-state index contributed by atoms with van der Waals surface area (Å²) in [7, 11) is 0. The molecule has 1 aliphatic carbocycles. The van der Waals surface area contributed by atoms with E-state index in [-0.39, 0.29) is 12.1 Å². The van der Waals surface area contributed by atoms with Gasteiger partial charge in [0.15, 0.2) is 0 Å². The fourth-order valence-corrected chi connectivity index (χ4v) is 5.54. The molecule has 35 heavy (non-hydrogen) atoms. The van der Waals surface area contributed by atoms with Crippen molar-refractivity contribution >= 4 is 11.9 Å². The maximum atomic E-state index is 12.9. The number of hydrogen-bond donors (Lipinski definition) is 1. The number of carbonyl (C=O) groups is 2. The molecule has 4 nitrogen and oxygen atoms in total. The number of aliphatic carboxylic acids is 1. The Bertz CT molecular complexity index is 530. The highest BCUT2D eigenvalue weighted by Crippen LogP contribution is 2.32. The van der Waals surface area contributed by atoms with Gasteiger partial charge in [-0.15, -0.1) is 0 Å². The number of carboxylic acid groups (broad SMARTS) is 1. The zero-order chi connectivity index (χ0) is 25.7. The van der Waals surface area contributed by atoms with Crippen LogP contribution in [0.4, 0.5) is 0 Å². The minimum absolute atomic E-state index is 0.0365. The van der Waals surface area contributed by atoms with Crippen LogP contribution in [0.3, 0.4) is 0 Å². The Kier molecular flexibility index (Phi) is 19.2. The summed E-state index contributed by atoms with van der Waals surface area (Å²) < 4.78 is 6.00. The zero-order valence-electron chi connectivity index (χ0n) is 23.5. The van der Waals surface area contributed by atoms with E-state index in [2.05, 4.69) is 20.8 Å². The van der Waals surface area contributed by atoms with E-state index in [0.29, 0.717) is 12.8 Å². The minimum atomic E-state index is -0.834. The van der Waals surface area contributed by atoms with E-state index in [9.17, 15) is 14.7 Å². The molecular formula is C31H58O4. The molecule has 0 amide bonds. The van der Waals surface area contributed by atoms with Gasteiger partial charge in [0.25, 0.3) is 0 Å². The number of ether oxygens (including phenoxy) is 1. The third-order valence-corrected chi connectivity index (χ3v) is 7.86. The molecule has 1 saturated carbocycles. The number of carbonyl (C=O) groups excluding carboxylic acids is 1. The van der Waals surface area contributed by atoms with Crippen LogP contribution in [0.1, 0.15) is 162 Å². The van der Waals surface area contributed by atoms with E-state index in [1.807, 2.05) is 0 Å². The second-order valence-corrected chi connectivity index (χ2v) is 11.6. The fraction of sp³-hybridized carbons (Fsp3) is 0.935. The van der Waals surface area contributed by atoms with Crippen molar-refractivity contribution in [3.05, 3.63) is 0 Å². The molecule has 0 aromatic carbocycles. The molecule has 1 rings (SSSR count). The van der Waals surface area contributed by atoms with Crippen molar-refractivity contribution in [3.63, 3.8) is 0 Å². The Morgan fingerprint density at radius 3 is 1.57 bits per heavy atom. The maximum Gasteiger partial charge on any atom is 0.310 e. The molecule has 0 spiro atoms. The lowest BCUT2D eigenvalue weighted by molar-refractivity contribution is -0.164. The average Bonchev–Trinajstić information content (AvgIpc) is 2.84. The molecule has 1 aliphatic rings. The van der Waals surface area contributed by atoms with E-state index in [1.165, 1.54) is 89.9 Å². The molecule has 4 heteroatoms. The van der Waals surface area contributed by atoms with Crippen LogP contribution >= 0.6 is 0 Å². The molecule has 0 aromatic rings. The van der Waals surface area contributed by atoms with Crippen molar-refractivity contribution in [2.24, 2.45) is 17.8 Å². The van der Waals surface area contributed by atoms with Gasteiger partial charge in [-0.2, -0.15) is 0 Å². The predicted octanol–water partition coefficient (Wildman–Crippen LogP) is 9.49. The molecule has 3 unspecified atom stereocenters. The fourth-order valence-electron chi connectivity index (χ4n) is 5.54. The van der Waals surface area contributed by atoms with Gasteiger partial charge < -0.3 is 9.84 Å². The number of rotatable bonds is 22. The highest BCUT2D eigenvalue weighted by molar-refractivity contribution is 5.81. The molecule has 206 valence electrons. The van der Waals surface area contributed by atoms with Gasteiger partial charge in [0, 0.05) is 0 Å². The van der Waals surface area contributed by atoms with E-state index in [4.69, 9.17) is 4.74 Å². The SMILES string of the molecule is CCCCCCCCCC(CCCCCCCCCCC(C)C)OC(=O)C1CCCCC1C(=O)O. The van der Waals surface area contributed by atoms with Crippen LogP contribution in [0.5, 0.6) is 0 Å². The molecule has 0 aromatic heterocycles. The Morgan fingerprint density at radius 2 is 1.11 bits per heavy atom. The molecule has 0 saturated heterocycles. The first-order chi connectivity index (χ1) is 17.0. The topological polar surface area (TPSA) is 63.6 Å². The van der Waals surface area contributed by atoms with Crippen molar-refractivity contribution in [2.75, 3.05) is 0 Å². The second kappa shape index (κ2) is 21.1. The van der Waals surface area contributed by atoms with Crippen molar-refractivity contribution in [3.8, 4) is 0 Å². The summed E-state index contributed by atoms with van der Waals surface area (Å²) in [4.78, 5) is 24.6. The smallest absolute Gasteiger partial charge is 0.310 e. The molecule has 0 heterocycles. The monoisotopic (exact) mass is 494 g/mol. The molecule has 1 fully saturated rings. The second-order valence-electron chi connectivity index (χ2n) is 11.6. The van der Waals surface area contributed by atoms with E-state index < -0.39 is 17.8 Å². The lowest BCUT2D eigenvalue weighted by Crippen LogP contribution is -2.35. The first kappa shape index (κ1) is 32.0. The Morgan fingerprint density at radius 1 is 0.686 bits per heavy atom. The minimum Gasteiger partial charge on any atom is -0.481 e. The Balaban J connectivity index is 2.35. The van der Waals surface area contributed by atoms with Crippen molar-refractivity contribution < 1.29 is 19.4 Å². The molecule has 0 aliphatic heterocycles. The van der Waals surface area contributed by atoms with Crippen molar-refractivity contribution in [1.29, 1.82) is 0 Å². The maximum absolute atomic E-state index is 12.9. The number of carboxylic acids is 1. The predicted molar refractivity (Wildman–Crippen MR) is 147 cm³/mol. The Labute approximate surface area is 217 Å². The first-order valence-electron chi connectivity index (χ1n) is 15.4. The molecule has 1 N–H and O–H groups in total. The van der Waals surface area contributed by atoms with Gasteiger partial charge in [0.05, 0.1) is 11.8 Å². The van der Waals surface area contributed by atoms with Gasteiger partial charge in [0.2, 0.25) is 0 Å². The van der Waals surface area contributed by atoms with Crippen LogP contribution in [-0.4, -0.2) is 23.1 Å². The third-order valence-electron chi connectivity index (χ3n) is 7.86. The summed E-state index contributed by atoms with van der Waals surface area (Å²) >= 11 is 0. The highest BCUT2D eigenvalue weighted by atomic mass is 16.5. The van der Waals surface area contributed by atoms with Crippen LogP contribution in [0.2, 0.25) is 0 Å². The van der Waals surface area contributed by atoms with Crippen LogP contribution in [0.25, 0.3) is 0 Å². The summed E-state index contributed by atoms with van der Waals surface area (Å²) in [5.41, 5.74) is 0. The summed E-state index contributed by atoms with van der Waals surface area (Å²) in [6, 6.07) is 0. The van der Waals surface area contributed by atoms with Gasteiger partial charge in [-0.05, 0) is 44.4 Å². The van der Waals surface area contributed by atoms with Gasteiger partial charge in [-0.25, -0.2) is 0 Å². The first-order valence-corrected chi connectivity index (χ1v) is 15.4. The van der Waals surface area contributed by atoms with Gasteiger partial charge in [-0.3, -0.25) is 9.59 Å². The molecule has 3 atom stereocenters. The van der Waals surface area contributed by atoms with Crippen LogP contribution in [0.15, 0.2) is 0 Å². The number of hydrogen-bond acceptors (Lipinski definition) is 3. The largest absolute Gasteiger partial charge is 0.481 e. The van der Waals surface area contributed by atoms with Crippen LogP contribution in [-0.2, 0) is 14.3 Å². The average molecular weight is 495 g/mol. The van der Waals surface area contributed by atoms with Gasteiger partial charge in [0.1, 0.15) is 6.10 Å². The van der Waals surface area contributed by atoms with Crippen LogP contribution < -0.4 is 0 Å². The lowest BCUT2D eigenvalue weighted by atomic mass is 9.79. The Hall–Kier alpha value is -1.06. The summed E-state index contributed by atoms with van der Waals surface area (Å²) in [5.74, 6) is -1.26. The summed E-state index contributed by atoms with van der Waals surface area (Å²) in [5, 5.41) is 9.56. The standard InChI is InChI=1S/C31H58O4/c1-4-5-6-7-10-14-17-22-27(23-18-15-12-9-8-11-13-16-21-26(2)3)35-31(34)29-25-20-19-24-28(29)30(32)33/h26-29H,4-25H2,1-3H3,(H,32,33). The number of esters is 1. The van der Waals surface area contributed by atoms with Crippen LogP contribution in [0, 0.1) is 17.8 Å². The zero-order valence-corrected chi connectivity index (χ0v) is 23.5. The summed E-state index contributed by atoms with van der Waals surface area (Å²) in [6.45, 7) is 6.85. The van der Waals surface area contributed by atoms with E-state index >= 15 is 0 Å². The molecule has 0 bridgehead atoms. The third kappa shape index (κ3) is 16.3. The normalized spacial score (nSPS) is 19.1. The highest BCUT2D eigenvalue weighted by Gasteiger charge is 2.37. The van der Waals surface area contributed by atoms with Crippen molar-refractivity contribution in [2.45, 2.75) is 168 Å². The molecular weight excluding hydrogens is 436 g/mol.